The van der Waals surface area contributed by atoms with Crippen molar-refractivity contribution < 1.29 is 18.0 Å². The third kappa shape index (κ3) is 5.20. The normalized spacial score (nSPS) is 12.6. The molecule has 7 heteroatoms. The minimum atomic E-state index is -4.43. The van der Waals surface area contributed by atoms with E-state index in [4.69, 9.17) is 0 Å². The summed E-state index contributed by atoms with van der Waals surface area (Å²) in [5.74, 6) is 0.359. The van der Waals surface area contributed by atoms with Gasteiger partial charge in [-0.25, -0.2) is 4.98 Å². The molecule has 0 saturated carbocycles. The number of carbonyl (C=O) groups is 1. The van der Waals surface area contributed by atoms with E-state index >= 15 is 0 Å². The summed E-state index contributed by atoms with van der Waals surface area (Å²) in [6.07, 6.45) is -0.793. The summed E-state index contributed by atoms with van der Waals surface area (Å²) in [5, 5.41) is 2.90. The number of nitrogens with one attached hydrogen (secondary N) is 2. The van der Waals surface area contributed by atoms with Crippen molar-refractivity contribution in [3.63, 3.8) is 0 Å². The summed E-state index contributed by atoms with van der Waals surface area (Å²) >= 11 is 0. The molecule has 3 aromatic rings. The van der Waals surface area contributed by atoms with Crippen LogP contribution in [0.25, 0.3) is 0 Å². The molecule has 2 N–H and O–H groups in total. The van der Waals surface area contributed by atoms with Gasteiger partial charge in [-0.2, -0.15) is 13.2 Å². The van der Waals surface area contributed by atoms with E-state index in [0.717, 1.165) is 17.7 Å². The monoisotopic (exact) mass is 373 g/mol. The van der Waals surface area contributed by atoms with Gasteiger partial charge >= 0.3 is 6.18 Å². The van der Waals surface area contributed by atoms with Crippen LogP contribution in [0.1, 0.15) is 28.6 Å². The zero-order valence-electron chi connectivity index (χ0n) is 14.3. The van der Waals surface area contributed by atoms with E-state index < -0.39 is 11.7 Å². The predicted molar refractivity (Wildman–Crippen MR) is 94.8 cm³/mol. The summed E-state index contributed by atoms with van der Waals surface area (Å²) in [7, 11) is 0. The molecular formula is C20H18F3N3O. The average molecular weight is 373 g/mol. The Balaban J connectivity index is 1.73. The molecule has 0 fully saturated rings. The van der Waals surface area contributed by atoms with E-state index in [-0.39, 0.29) is 18.4 Å². The molecule has 140 valence electrons. The van der Waals surface area contributed by atoms with Crippen molar-refractivity contribution in [3.8, 4) is 0 Å². The van der Waals surface area contributed by atoms with Gasteiger partial charge in [0.2, 0.25) is 5.91 Å². The first-order valence-corrected chi connectivity index (χ1v) is 8.40. The number of H-pyrrole nitrogens is 1. The molecule has 0 spiro atoms. The maximum Gasteiger partial charge on any atom is 0.416 e. The third-order valence-corrected chi connectivity index (χ3v) is 4.11. The van der Waals surface area contributed by atoms with Gasteiger partial charge in [0.15, 0.2) is 0 Å². The van der Waals surface area contributed by atoms with Crippen molar-refractivity contribution in [3.05, 3.63) is 89.5 Å². The Morgan fingerprint density at radius 1 is 1.11 bits per heavy atom. The van der Waals surface area contributed by atoms with Crippen molar-refractivity contribution in [2.45, 2.75) is 25.1 Å². The molecule has 0 aliphatic rings. The van der Waals surface area contributed by atoms with E-state index in [9.17, 15) is 18.0 Å². The number of halogens is 3. The van der Waals surface area contributed by atoms with E-state index in [1.54, 1.807) is 12.4 Å². The molecule has 0 radical (unpaired) electrons. The number of hydrogen-bond donors (Lipinski definition) is 2. The van der Waals surface area contributed by atoms with E-state index in [1.807, 2.05) is 30.3 Å². The van der Waals surface area contributed by atoms with Crippen LogP contribution in [0.15, 0.2) is 67.0 Å². The van der Waals surface area contributed by atoms with Crippen LogP contribution in [-0.2, 0) is 23.8 Å². The minimum Gasteiger partial charge on any atom is -0.349 e. The maximum atomic E-state index is 12.8. The van der Waals surface area contributed by atoms with Crippen LogP contribution in [0.3, 0.4) is 0 Å². The lowest BCUT2D eigenvalue weighted by atomic mass is 10.0. The molecule has 1 heterocycles. The minimum absolute atomic E-state index is 0.134. The molecule has 2 aromatic carbocycles. The molecule has 1 amide bonds. The Morgan fingerprint density at radius 2 is 1.89 bits per heavy atom. The maximum absolute atomic E-state index is 12.8. The van der Waals surface area contributed by atoms with Gasteiger partial charge in [0.25, 0.3) is 0 Å². The van der Waals surface area contributed by atoms with Crippen molar-refractivity contribution >= 4 is 5.91 Å². The first-order valence-electron chi connectivity index (χ1n) is 8.40. The SMILES string of the molecule is O=C(Cc1cccc(C(F)(F)F)c1)NC(Cc1ncc[nH]1)c1ccccc1. The number of aromatic nitrogens is 2. The van der Waals surface area contributed by atoms with Crippen LogP contribution in [0.2, 0.25) is 0 Å². The van der Waals surface area contributed by atoms with Crippen LogP contribution in [0, 0.1) is 0 Å². The number of alkyl halides is 3. The summed E-state index contributed by atoms with van der Waals surface area (Å²) in [6.45, 7) is 0. The first kappa shape index (κ1) is 18.7. The summed E-state index contributed by atoms with van der Waals surface area (Å²) < 4.78 is 38.5. The summed E-state index contributed by atoms with van der Waals surface area (Å²) in [4.78, 5) is 19.6. The molecule has 0 aliphatic heterocycles. The molecule has 0 saturated heterocycles. The van der Waals surface area contributed by atoms with Gasteiger partial charge < -0.3 is 10.3 Å². The molecule has 1 aromatic heterocycles. The number of imidazole rings is 1. The van der Waals surface area contributed by atoms with Gasteiger partial charge in [0.1, 0.15) is 5.82 Å². The Labute approximate surface area is 154 Å². The fraction of sp³-hybridized carbons (Fsp3) is 0.200. The predicted octanol–water partition coefficient (Wildman–Crippen LogP) is 4.07. The Morgan fingerprint density at radius 3 is 2.56 bits per heavy atom. The first-order chi connectivity index (χ1) is 12.9. The van der Waals surface area contributed by atoms with Gasteiger partial charge in [-0.15, -0.1) is 0 Å². The number of nitrogens with zero attached hydrogens (tertiary/aromatic N) is 1. The number of amides is 1. The second-order valence-corrected chi connectivity index (χ2v) is 6.15. The number of carbonyl (C=O) groups excluding carboxylic acids is 1. The third-order valence-electron chi connectivity index (χ3n) is 4.11. The van der Waals surface area contributed by atoms with Gasteiger partial charge in [-0.3, -0.25) is 4.79 Å². The van der Waals surface area contributed by atoms with Gasteiger partial charge in [-0.05, 0) is 17.2 Å². The molecular weight excluding hydrogens is 355 g/mol. The second-order valence-electron chi connectivity index (χ2n) is 6.15. The van der Waals surface area contributed by atoms with Gasteiger partial charge in [-0.1, -0.05) is 48.5 Å². The Hall–Kier alpha value is -3.09. The van der Waals surface area contributed by atoms with Gasteiger partial charge in [0, 0.05) is 18.8 Å². The Bertz CT molecular complexity index is 877. The van der Waals surface area contributed by atoms with Crippen molar-refractivity contribution in [2.75, 3.05) is 0 Å². The standard InChI is InChI=1S/C20H18F3N3O/c21-20(22,23)16-8-4-5-14(11-16)12-19(27)26-17(13-18-24-9-10-25-18)15-6-2-1-3-7-15/h1-11,17H,12-13H2,(H,24,25)(H,26,27). The highest BCUT2D eigenvalue weighted by molar-refractivity contribution is 5.79. The largest absolute Gasteiger partial charge is 0.416 e. The van der Waals surface area contributed by atoms with E-state index in [0.29, 0.717) is 17.8 Å². The van der Waals surface area contributed by atoms with E-state index in [1.165, 1.54) is 12.1 Å². The van der Waals surface area contributed by atoms with Crippen LogP contribution < -0.4 is 5.32 Å². The summed E-state index contributed by atoms with van der Waals surface area (Å²) in [6, 6.07) is 13.9. The van der Waals surface area contributed by atoms with E-state index in [2.05, 4.69) is 15.3 Å². The highest BCUT2D eigenvalue weighted by Gasteiger charge is 2.30. The summed E-state index contributed by atoms with van der Waals surface area (Å²) in [5.41, 5.74) is 0.446. The second kappa shape index (κ2) is 8.07. The lowest BCUT2D eigenvalue weighted by Crippen LogP contribution is -2.31. The molecule has 0 bridgehead atoms. The lowest BCUT2D eigenvalue weighted by molar-refractivity contribution is -0.137. The zero-order chi connectivity index (χ0) is 19.3. The Kier molecular flexibility index (Phi) is 5.59. The molecule has 1 atom stereocenters. The zero-order valence-corrected chi connectivity index (χ0v) is 14.3. The lowest BCUT2D eigenvalue weighted by Gasteiger charge is -2.18. The molecule has 0 aliphatic carbocycles. The molecule has 1 unspecified atom stereocenters. The smallest absolute Gasteiger partial charge is 0.349 e. The van der Waals surface area contributed by atoms with Crippen molar-refractivity contribution in [2.24, 2.45) is 0 Å². The van der Waals surface area contributed by atoms with Crippen LogP contribution in [-0.4, -0.2) is 15.9 Å². The highest BCUT2D eigenvalue weighted by atomic mass is 19.4. The topological polar surface area (TPSA) is 57.8 Å². The number of aromatic amines is 1. The van der Waals surface area contributed by atoms with Crippen molar-refractivity contribution in [1.29, 1.82) is 0 Å². The van der Waals surface area contributed by atoms with Gasteiger partial charge in [0.05, 0.1) is 18.0 Å². The van der Waals surface area contributed by atoms with Crippen LogP contribution >= 0.6 is 0 Å². The van der Waals surface area contributed by atoms with Crippen LogP contribution in [0.4, 0.5) is 13.2 Å². The number of hydrogen-bond acceptors (Lipinski definition) is 2. The fourth-order valence-electron chi connectivity index (χ4n) is 2.83. The molecule has 27 heavy (non-hydrogen) atoms. The quantitative estimate of drug-likeness (QED) is 0.684. The molecule has 4 nitrogen and oxygen atoms in total. The number of rotatable bonds is 6. The van der Waals surface area contributed by atoms with Crippen molar-refractivity contribution in [1.82, 2.24) is 15.3 Å². The molecule has 3 rings (SSSR count). The number of benzene rings is 2. The highest BCUT2D eigenvalue weighted by Crippen LogP contribution is 2.29. The average Bonchev–Trinajstić information content (AvgIpc) is 3.14. The van der Waals surface area contributed by atoms with Crippen LogP contribution in [0.5, 0.6) is 0 Å². The fourth-order valence-corrected chi connectivity index (χ4v) is 2.83.